The molecule has 1 aromatic carbocycles. The minimum atomic E-state index is 0.538. The minimum absolute atomic E-state index is 0.538. The van der Waals surface area contributed by atoms with E-state index >= 15 is 0 Å². The summed E-state index contributed by atoms with van der Waals surface area (Å²) in [6, 6.07) is 5.41. The Morgan fingerprint density at radius 3 is 2.67 bits per heavy atom. The summed E-state index contributed by atoms with van der Waals surface area (Å²) < 4.78 is 10.8. The van der Waals surface area contributed by atoms with Gasteiger partial charge in [0.05, 0.1) is 13.7 Å². The summed E-state index contributed by atoms with van der Waals surface area (Å²) in [6.45, 7) is 4.99. The SMILES string of the molecule is CCC(C)COc1cc(N)ccc1OC. The quantitative estimate of drug-likeness (QED) is 0.758. The Hall–Kier alpha value is -1.38. The second-order valence-electron chi connectivity index (χ2n) is 3.73. The molecule has 0 aliphatic rings. The Balaban J connectivity index is 2.69. The van der Waals surface area contributed by atoms with Crippen LogP contribution in [-0.4, -0.2) is 13.7 Å². The molecule has 0 radical (unpaired) electrons. The first-order valence-electron chi connectivity index (χ1n) is 5.23. The van der Waals surface area contributed by atoms with E-state index in [0.29, 0.717) is 18.2 Å². The average Bonchev–Trinajstić information content (AvgIpc) is 2.26. The molecule has 0 saturated heterocycles. The molecule has 0 saturated carbocycles. The molecular weight excluding hydrogens is 190 g/mol. The van der Waals surface area contributed by atoms with Crippen molar-refractivity contribution in [1.29, 1.82) is 0 Å². The van der Waals surface area contributed by atoms with Crippen LogP contribution in [0.25, 0.3) is 0 Å². The zero-order valence-corrected chi connectivity index (χ0v) is 9.62. The van der Waals surface area contributed by atoms with Crippen LogP contribution in [0, 0.1) is 5.92 Å². The fourth-order valence-corrected chi connectivity index (χ4v) is 1.16. The van der Waals surface area contributed by atoms with Gasteiger partial charge < -0.3 is 15.2 Å². The lowest BCUT2D eigenvalue weighted by Gasteiger charge is -2.14. The van der Waals surface area contributed by atoms with Crippen LogP contribution in [0.1, 0.15) is 20.3 Å². The molecule has 1 rings (SSSR count). The molecule has 0 spiro atoms. The summed E-state index contributed by atoms with van der Waals surface area (Å²) in [5, 5.41) is 0. The summed E-state index contributed by atoms with van der Waals surface area (Å²) in [4.78, 5) is 0. The molecule has 2 N–H and O–H groups in total. The molecule has 1 atom stereocenters. The van der Waals surface area contributed by atoms with Crippen molar-refractivity contribution in [2.45, 2.75) is 20.3 Å². The first-order valence-corrected chi connectivity index (χ1v) is 5.23. The normalized spacial score (nSPS) is 12.2. The molecule has 0 bridgehead atoms. The maximum absolute atomic E-state index is 5.69. The van der Waals surface area contributed by atoms with Crippen LogP contribution >= 0.6 is 0 Å². The molecule has 0 aromatic heterocycles. The summed E-state index contributed by atoms with van der Waals surface area (Å²) in [5.41, 5.74) is 6.38. The van der Waals surface area contributed by atoms with Crippen LogP contribution in [0.5, 0.6) is 11.5 Å². The van der Waals surface area contributed by atoms with Crippen molar-refractivity contribution >= 4 is 5.69 Å². The molecule has 0 aliphatic heterocycles. The van der Waals surface area contributed by atoms with E-state index in [9.17, 15) is 0 Å². The monoisotopic (exact) mass is 209 g/mol. The molecule has 84 valence electrons. The van der Waals surface area contributed by atoms with Gasteiger partial charge in [-0.05, 0) is 18.1 Å². The number of nitrogens with two attached hydrogens (primary N) is 1. The van der Waals surface area contributed by atoms with Gasteiger partial charge in [-0.1, -0.05) is 20.3 Å². The maximum Gasteiger partial charge on any atom is 0.163 e. The van der Waals surface area contributed by atoms with Crippen LogP contribution in [0.15, 0.2) is 18.2 Å². The van der Waals surface area contributed by atoms with Crippen molar-refractivity contribution in [2.24, 2.45) is 5.92 Å². The third-order valence-electron chi connectivity index (χ3n) is 2.41. The number of rotatable bonds is 5. The Morgan fingerprint density at radius 2 is 2.07 bits per heavy atom. The van der Waals surface area contributed by atoms with Gasteiger partial charge in [0.2, 0.25) is 0 Å². The molecule has 3 heteroatoms. The fraction of sp³-hybridized carbons (Fsp3) is 0.500. The summed E-state index contributed by atoms with van der Waals surface area (Å²) in [6.07, 6.45) is 1.10. The molecule has 1 unspecified atom stereocenters. The lowest BCUT2D eigenvalue weighted by molar-refractivity contribution is 0.245. The van der Waals surface area contributed by atoms with Crippen molar-refractivity contribution in [3.63, 3.8) is 0 Å². The molecule has 0 amide bonds. The van der Waals surface area contributed by atoms with E-state index in [4.69, 9.17) is 15.2 Å². The van der Waals surface area contributed by atoms with Gasteiger partial charge in [-0.25, -0.2) is 0 Å². The Bertz CT molecular complexity index is 312. The first-order chi connectivity index (χ1) is 7.17. The van der Waals surface area contributed by atoms with Crippen LogP contribution in [0.4, 0.5) is 5.69 Å². The zero-order chi connectivity index (χ0) is 11.3. The van der Waals surface area contributed by atoms with Crippen LogP contribution in [0.3, 0.4) is 0 Å². The van der Waals surface area contributed by atoms with E-state index < -0.39 is 0 Å². The van der Waals surface area contributed by atoms with Gasteiger partial charge in [-0.2, -0.15) is 0 Å². The topological polar surface area (TPSA) is 44.5 Å². The van der Waals surface area contributed by atoms with Gasteiger partial charge >= 0.3 is 0 Å². The Morgan fingerprint density at radius 1 is 1.33 bits per heavy atom. The summed E-state index contributed by atoms with van der Waals surface area (Å²) >= 11 is 0. The number of nitrogen functional groups attached to an aromatic ring is 1. The minimum Gasteiger partial charge on any atom is -0.493 e. The first kappa shape index (κ1) is 11.7. The van der Waals surface area contributed by atoms with Crippen molar-refractivity contribution < 1.29 is 9.47 Å². The van der Waals surface area contributed by atoms with Gasteiger partial charge in [0.15, 0.2) is 11.5 Å². The molecule has 3 nitrogen and oxygen atoms in total. The summed E-state index contributed by atoms with van der Waals surface area (Å²) in [5.74, 6) is 1.99. The molecule has 0 heterocycles. The van der Waals surface area contributed by atoms with Crippen LogP contribution in [-0.2, 0) is 0 Å². The smallest absolute Gasteiger partial charge is 0.163 e. The third-order valence-corrected chi connectivity index (χ3v) is 2.41. The lowest BCUT2D eigenvalue weighted by Crippen LogP contribution is -2.08. The van der Waals surface area contributed by atoms with E-state index in [1.165, 1.54) is 0 Å². The maximum atomic E-state index is 5.69. The second kappa shape index (κ2) is 5.49. The van der Waals surface area contributed by atoms with Gasteiger partial charge in [-0.15, -0.1) is 0 Å². The van der Waals surface area contributed by atoms with E-state index in [2.05, 4.69) is 13.8 Å². The molecule has 15 heavy (non-hydrogen) atoms. The van der Waals surface area contributed by atoms with Gasteiger partial charge in [0, 0.05) is 11.8 Å². The van der Waals surface area contributed by atoms with Crippen molar-refractivity contribution in [3.8, 4) is 11.5 Å². The van der Waals surface area contributed by atoms with Crippen molar-refractivity contribution in [2.75, 3.05) is 19.5 Å². The predicted molar refractivity (Wildman–Crippen MR) is 62.4 cm³/mol. The second-order valence-corrected chi connectivity index (χ2v) is 3.73. The number of anilines is 1. The zero-order valence-electron chi connectivity index (χ0n) is 9.62. The van der Waals surface area contributed by atoms with Gasteiger partial charge in [0.1, 0.15) is 0 Å². The summed E-state index contributed by atoms with van der Waals surface area (Å²) in [7, 11) is 1.63. The highest BCUT2D eigenvalue weighted by molar-refractivity contribution is 5.51. The molecule has 0 fully saturated rings. The Labute approximate surface area is 91.2 Å². The van der Waals surface area contributed by atoms with Crippen LogP contribution in [0.2, 0.25) is 0 Å². The number of ether oxygens (including phenoxy) is 2. The highest BCUT2D eigenvalue weighted by Gasteiger charge is 2.06. The number of methoxy groups -OCH3 is 1. The highest BCUT2D eigenvalue weighted by Crippen LogP contribution is 2.29. The third kappa shape index (κ3) is 3.35. The number of benzene rings is 1. The number of hydrogen-bond acceptors (Lipinski definition) is 3. The van der Waals surface area contributed by atoms with E-state index in [0.717, 1.165) is 17.9 Å². The van der Waals surface area contributed by atoms with E-state index in [1.807, 2.05) is 6.07 Å². The number of hydrogen-bond donors (Lipinski definition) is 1. The largest absolute Gasteiger partial charge is 0.493 e. The molecule has 1 aromatic rings. The van der Waals surface area contributed by atoms with Gasteiger partial charge in [0.25, 0.3) is 0 Å². The molecule has 0 aliphatic carbocycles. The Kier molecular flexibility index (Phi) is 4.28. The molecular formula is C12H19NO2. The average molecular weight is 209 g/mol. The predicted octanol–water partition coefficient (Wildman–Crippen LogP) is 2.70. The van der Waals surface area contributed by atoms with Crippen LogP contribution < -0.4 is 15.2 Å². The van der Waals surface area contributed by atoms with Crippen molar-refractivity contribution in [1.82, 2.24) is 0 Å². The van der Waals surface area contributed by atoms with E-state index in [-0.39, 0.29) is 0 Å². The highest BCUT2D eigenvalue weighted by atomic mass is 16.5. The lowest BCUT2D eigenvalue weighted by atomic mass is 10.1. The fourth-order valence-electron chi connectivity index (χ4n) is 1.16. The van der Waals surface area contributed by atoms with Crippen molar-refractivity contribution in [3.05, 3.63) is 18.2 Å². The standard InChI is InChI=1S/C12H19NO2/c1-4-9(2)8-15-12-7-10(13)5-6-11(12)14-3/h5-7,9H,4,8,13H2,1-3H3. The van der Waals surface area contributed by atoms with Gasteiger partial charge in [-0.3, -0.25) is 0 Å². The van der Waals surface area contributed by atoms with E-state index in [1.54, 1.807) is 19.2 Å².